The van der Waals surface area contributed by atoms with Crippen LogP contribution in [0, 0.1) is 23.4 Å². The lowest BCUT2D eigenvalue weighted by atomic mass is 10.2. The summed E-state index contributed by atoms with van der Waals surface area (Å²) in [7, 11) is 1.23. The SMILES string of the molecule is COC(=O)C(C)CNc1ccc(F)c(F)c1F. The Morgan fingerprint density at radius 2 is 2.00 bits per heavy atom. The van der Waals surface area contributed by atoms with Crippen molar-refractivity contribution in [3.8, 4) is 0 Å². The largest absolute Gasteiger partial charge is 0.469 e. The van der Waals surface area contributed by atoms with Gasteiger partial charge in [0.1, 0.15) is 0 Å². The van der Waals surface area contributed by atoms with Gasteiger partial charge in [0.05, 0.1) is 18.7 Å². The second-order valence-corrected chi connectivity index (χ2v) is 3.53. The van der Waals surface area contributed by atoms with Gasteiger partial charge in [-0.25, -0.2) is 13.2 Å². The fraction of sp³-hybridized carbons (Fsp3) is 0.364. The molecule has 0 fully saturated rings. The first kappa shape index (κ1) is 13.3. The van der Waals surface area contributed by atoms with Crippen molar-refractivity contribution >= 4 is 11.7 Å². The minimum absolute atomic E-state index is 0.0642. The van der Waals surface area contributed by atoms with Crippen molar-refractivity contribution in [1.29, 1.82) is 0 Å². The predicted octanol–water partition coefficient (Wildman–Crippen LogP) is 2.32. The molecule has 0 aliphatic heterocycles. The van der Waals surface area contributed by atoms with Gasteiger partial charge in [0.15, 0.2) is 17.5 Å². The second kappa shape index (κ2) is 5.56. The summed E-state index contributed by atoms with van der Waals surface area (Å²) in [5.41, 5.74) is -0.195. The van der Waals surface area contributed by atoms with E-state index < -0.39 is 29.3 Å². The Balaban J connectivity index is 2.70. The molecule has 0 aliphatic carbocycles. The van der Waals surface area contributed by atoms with E-state index in [4.69, 9.17) is 0 Å². The van der Waals surface area contributed by atoms with Crippen molar-refractivity contribution in [3.05, 3.63) is 29.6 Å². The topological polar surface area (TPSA) is 38.3 Å². The molecule has 0 saturated heterocycles. The van der Waals surface area contributed by atoms with E-state index in [1.807, 2.05) is 0 Å². The number of carbonyl (C=O) groups is 1. The van der Waals surface area contributed by atoms with E-state index in [1.165, 1.54) is 7.11 Å². The molecule has 0 aliphatic rings. The van der Waals surface area contributed by atoms with Crippen LogP contribution in [0.1, 0.15) is 6.92 Å². The molecule has 1 rings (SSSR count). The smallest absolute Gasteiger partial charge is 0.310 e. The number of hydrogen-bond donors (Lipinski definition) is 1. The summed E-state index contributed by atoms with van der Waals surface area (Å²) in [6.07, 6.45) is 0. The van der Waals surface area contributed by atoms with Crippen LogP contribution >= 0.6 is 0 Å². The molecule has 0 saturated carbocycles. The van der Waals surface area contributed by atoms with E-state index in [0.717, 1.165) is 12.1 Å². The van der Waals surface area contributed by atoms with Crippen LogP contribution in [-0.2, 0) is 9.53 Å². The molecule has 1 aromatic rings. The minimum atomic E-state index is -1.54. The van der Waals surface area contributed by atoms with Crippen LogP contribution in [0.3, 0.4) is 0 Å². The molecule has 1 aromatic carbocycles. The third kappa shape index (κ3) is 3.12. The molecular weight excluding hydrogens is 235 g/mol. The predicted molar refractivity (Wildman–Crippen MR) is 56.0 cm³/mol. The highest BCUT2D eigenvalue weighted by atomic mass is 19.2. The third-order valence-electron chi connectivity index (χ3n) is 2.24. The maximum absolute atomic E-state index is 13.2. The zero-order valence-corrected chi connectivity index (χ0v) is 9.39. The monoisotopic (exact) mass is 247 g/mol. The lowest BCUT2D eigenvalue weighted by Crippen LogP contribution is -2.22. The molecule has 0 aromatic heterocycles. The number of benzene rings is 1. The number of nitrogens with one attached hydrogen (secondary N) is 1. The van der Waals surface area contributed by atoms with Crippen LogP contribution in [0.15, 0.2) is 12.1 Å². The fourth-order valence-corrected chi connectivity index (χ4v) is 1.21. The van der Waals surface area contributed by atoms with Gasteiger partial charge in [0.2, 0.25) is 0 Å². The number of carbonyl (C=O) groups excluding carboxylic acids is 1. The Hall–Kier alpha value is -1.72. The van der Waals surface area contributed by atoms with Gasteiger partial charge in [-0.15, -0.1) is 0 Å². The molecule has 0 bridgehead atoms. The van der Waals surface area contributed by atoms with Gasteiger partial charge in [0.25, 0.3) is 0 Å². The van der Waals surface area contributed by atoms with E-state index in [9.17, 15) is 18.0 Å². The molecule has 6 heteroatoms. The normalized spacial score (nSPS) is 12.1. The highest BCUT2D eigenvalue weighted by molar-refractivity contribution is 5.72. The summed E-state index contributed by atoms with van der Waals surface area (Å²) in [4.78, 5) is 11.0. The lowest BCUT2D eigenvalue weighted by Gasteiger charge is -2.12. The quantitative estimate of drug-likeness (QED) is 0.655. The summed E-state index contributed by atoms with van der Waals surface area (Å²) >= 11 is 0. The number of halogens is 3. The average Bonchev–Trinajstić information content (AvgIpc) is 2.33. The number of methoxy groups -OCH3 is 1. The van der Waals surface area contributed by atoms with Crippen LogP contribution in [0.4, 0.5) is 18.9 Å². The first-order valence-corrected chi connectivity index (χ1v) is 4.92. The molecule has 17 heavy (non-hydrogen) atoms. The first-order chi connectivity index (χ1) is 7.97. The summed E-state index contributed by atoms with van der Waals surface area (Å²) < 4.78 is 43.2. The molecule has 94 valence electrons. The second-order valence-electron chi connectivity index (χ2n) is 3.53. The molecular formula is C11H12F3NO2. The van der Waals surface area contributed by atoms with Crippen molar-refractivity contribution in [2.45, 2.75) is 6.92 Å². The van der Waals surface area contributed by atoms with Gasteiger partial charge in [-0.1, -0.05) is 6.92 Å². The van der Waals surface area contributed by atoms with E-state index in [1.54, 1.807) is 6.92 Å². The fourth-order valence-electron chi connectivity index (χ4n) is 1.21. The van der Waals surface area contributed by atoms with Crippen LogP contribution < -0.4 is 5.32 Å². The Morgan fingerprint density at radius 1 is 1.35 bits per heavy atom. The van der Waals surface area contributed by atoms with Crippen LogP contribution in [0.5, 0.6) is 0 Å². The summed E-state index contributed by atoms with van der Waals surface area (Å²) in [6, 6.07) is 1.88. The Morgan fingerprint density at radius 3 is 2.59 bits per heavy atom. The summed E-state index contributed by atoms with van der Waals surface area (Å²) in [5.74, 6) is -5.09. The highest BCUT2D eigenvalue weighted by Crippen LogP contribution is 2.19. The summed E-state index contributed by atoms with van der Waals surface area (Å²) in [5, 5.41) is 2.51. The standard InChI is InChI=1S/C11H12F3NO2/c1-6(11(16)17-2)5-15-8-4-3-7(12)9(13)10(8)14/h3-4,6,15H,5H2,1-2H3. The van der Waals surface area contributed by atoms with Crippen LogP contribution in [0.2, 0.25) is 0 Å². The first-order valence-electron chi connectivity index (χ1n) is 4.92. The Kier molecular flexibility index (Phi) is 4.37. The molecule has 1 N–H and O–H groups in total. The third-order valence-corrected chi connectivity index (χ3v) is 2.24. The Labute approximate surface area is 96.6 Å². The van der Waals surface area contributed by atoms with Gasteiger partial charge >= 0.3 is 5.97 Å². The summed E-state index contributed by atoms with van der Waals surface area (Å²) in [6.45, 7) is 1.63. The maximum Gasteiger partial charge on any atom is 0.310 e. The molecule has 1 atom stereocenters. The zero-order chi connectivity index (χ0) is 13.0. The van der Waals surface area contributed by atoms with Crippen molar-refractivity contribution in [3.63, 3.8) is 0 Å². The van der Waals surface area contributed by atoms with E-state index in [2.05, 4.69) is 10.1 Å². The molecule has 0 heterocycles. The zero-order valence-electron chi connectivity index (χ0n) is 9.39. The van der Waals surface area contributed by atoms with Crippen molar-refractivity contribution in [2.75, 3.05) is 19.0 Å². The molecule has 3 nitrogen and oxygen atoms in total. The van der Waals surface area contributed by atoms with Crippen molar-refractivity contribution in [1.82, 2.24) is 0 Å². The number of hydrogen-bond acceptors (Lipinski definition) is 3. The van der Waals surface area contributed by atoms with E-state index in [0.29, 0.717) is 0 Å². The van der Waals surface area contributed by atoms with E-state index in [-0.39, 0.29) is 12.2 Å². The molecule has 0 radical (unpaired) electrons. The lowest BCUT2D eigenvalue weighted by molar-refractivity contribution is -0.144. The number of esters is 1. The van der Waals surface area contributed by atoms with Gasteiger partial charge in [0, 0.05) is 6.54 Å². The average molecular weight is 247 g/mol. The van der Waals surface area contributed by atoms with Crippen LogP contribution in [0.25, 0.3) is 0 Å². The van der Waals surface area contributed by atoms with Gasteiger partial charge < -0.3 is 10.1 Å². The van der Waals surface area contributed by atoms with Gasteiger partial charge in [-0.2, -0.15) is 0 Å². The van der Waals surface area contributed by atoms with Gasteiger partial charge in [-0.3, -0.25) is 4.79 Å². The molecule has 0 spiro atoms. The highest BCUT2D eigenvalue weighted by Gasteiger charge is 2.16. The van der Waals surface area contributed by atoms with Crippen LogP contribution in [-0.4, -0.2) is 19.6 Å². The molecule has 0 amide bonds. The number of rotatable bonds is 4. The van der Waals surface area contributed by atoms with Crippen molar-refractivity contribution < 1.29 is 22.7 Å². The maximum atomic E-state index is 13.2. The van der Waals surface area contributed by atoms with Crippen molar-refractivity contribution in [2.24, 2.45) is 5.92 Å². The number of ether oxygens (including phenoxy) is 1. The minimum Gasteiger partial charge on any atom is -0.469 e. The number of anilines is 1. The Bertz CT molecular complexity index is 423. The van der Waals surface area contributed by atoms with Gasteiger partial charge in [-0.05, 0) is 12.1 Å². The van der Waals surface area contributed by atoms with E-state index >= 15 is 0 Å². The molecule has 1 unspecified atom stereocenters.